The summed E-state index contributed by atoms with van der Waals surface area (Å²) in [5.41, 5.74) is 0. The number of amides is 1. The van der Waals surface area contributed by atoms with Gasteiger partial charge in [0.2, 0.25) is 5.91 Å². The van der Waals surface area contributed by atoms with Crippen molar-refractivity contribution in [3.05, 3.63) is 18.3 Å². The number of anilines is 1. The maximum Gasteiger partial charge on any atom is 0.228 e. The average molecular weight is 150 g/mol. The van der Waals surface area contributed by atoms with Crippen LogP contribution in [0.15, 0.2) is 18.3 Å². The Bertz CT molecular complexity index is 249. The summed E-state index contributed by atoms with van der Waals surface area (Å²) in [5.74, 6) is 1.22. The highest BCUT2D eigenvalue weighted by molar-refractivity contribution is 5.93. The minimum absolute atomic E-state index is 0.146. The van der Waals surface area contributed by atoms with Crippen molar-refractivity contribution in [2.45, 2.75) is 12.8 Å². The second-order valence-corrected chi connectivity index (χ2v) is 2.85. The van der Waals surface area contributed by atoms with Gasteiger partial charge in [-0.05, 0) is 25.0 Å². The molecule has 1 aliphatic rings. The lowest BCUT2D eigenvalue weighted by Gasteiger charge is -1.98. The summed E-state index contributed by atoms with van der Waals surface area (Å²) in [5, 5.41) is 2.79. The van der Waals surface area contributed by atoms with E-state index in [2.05, 4.69) is 10.3 Å². The van der Waals surface area contributed by atoms with Crippen molar-refractivity contribution in [3.8, 4) is 0 Å². The number of hydrogen-bond acceptors (Lipinski definition) is 1. The van der Waals surface area contributed by atoms with Gasteiger partial charge in [0, 0.05) is 12.1 Å². The van der Waals surface area contributed by atoms with Crippen molar-refractivity contribution in [3.63, 3.8) is 0 Å². The van der Waals surface area contributed by atoms with Crippen LogP contribution in [0.5, 0.6) is 0 Å². The van der Waals surface area contributed by atoms with Gasteiger partial charge in [-0.3, -0.25) is 4.79 Å². The molecule has 2 rings (SSSR count). The van der Waals surface area contributed by atoms with Crippen LogP contribution >= 0.6 is 0 Å². The van der Waals surface area contributed by atoms with E-state index in [1.54, 1.807) is 6.20 Å². The van der Waals surface area contributed by atoms with E-state index < -0.39 is 0 Å². The highest BCUT2D eigenvalue weighted by Crippen LogP contribution is 2.29. The smallest absolute Gasteiger partial charge is 0.228 e. The molecule has 1 fully saturated rings. The van der Waals surface area contributed by atoms with Crippen molar-refractivity contribution in [1.82, 2.24) is 4.98 Å². The average Bonchev–Trinajstić information content (AvgIpc) is 2.73. The number of nitrogens with one attached hydrogen (secondary N) is 2. The molecule has 0 radical (unpaired) electrons. The molecule has 11 heavy (non-hydrogen) atoms. The van der Waals surface area contributed by atoms with E-state index in [0.717, 1.165) is 18.7 Å². The fraction of sp³-hybridized carbons (Fsp3) is 0.375. The van der Waals surface area contributed by atoms with E-state index in [4.69, 9.17) is 0 Å². The van der Waals surface area contributed by atoms with Gasteiger partial charge in [-0.25, -0.2) is 0 Å². The van der Waals surface area contributed by atoms with Crippen LogP contribution in [0.2, 0.25) is 0 Å². The lowest BCUT2D eigenvalue weighted by Crippen LogP contribution is -2.13. The molecule has 0 spiro atoms. The molecule has 1 heterocycles. The predicted molar refractivity (Wildman–Crippen MR) is 42.1 cm³/mol. The molecule has 3 heteroatoms. The third-order valence-electron chi connectivity index (χ3n) is 1.80. The molecule has 0 unspecified atom stereocenters. The topological polar surface area (TPSA) is 44.9 Å². The first-order chi connectivity index (χ1) is 5.36. The van der Waals surface area contributed by atoms with Gasteiger partial charge in [0.05, 0.1) is 0 Å². The minimum Gasteiger partial charge on any atom is -0.348 e. The summed E-state index contributed by atoms with van der Waals surface area (Å²) >= 11 is 0. The summed E-state index contributed by atoms with van der Waals surface area (Å²) in [6.07, 6.45) is 3.89. The van der Waals surface area contributed by atoms with Gasteiger partial charge >= 0.3 is 0 Å². The summed E-state index contributed by atoms with van der Waals surface area (Å²) < 4.78 is 0. The highest BCUT2D eigenvalue weighted by Gasteiger charge is 2.29. The first-order valence-electron chi connectivity index (χ1n) is 3.80. The second kappa shape index (κ2) is 2.42. The number of aromatic nitrogens is 1. The monoisotopic (exact) mass is 150 g/mol. The fourth-order valence-corrected chi connectivity index (χ4v) is 0.988. The molecule has 58 valence electrons. The SMILES string of the molecule is O=C(Nc1ccc[nH]1)C1CC1. The molecule has 0 aliphatic heterocycles. The first kappa shape index (κ1) is 6.46. The summed E-state index contributed by atoms with van der Waals surface area (Å²) in [7, 11) is 0. The molecule has 1 amide bonds. The van der Waals surface area contributed by atoms with E-state index >= 15 is 0 Å². The molecule has 0 aromatic carbocycles. The first-order valence-corrected chi connectivity index (χ1v) is 3.80. The number of rotatable bonds is 2. The normalized spacial score (nSPS) is 16.4. The highest BCUT2D eigenvalue weighted by atomic mass is 16.2. The Labute approximate surface area is 64.8 Å². The van der Waals surface area contributed by atoms with Crippen LogP contribution < -0.4 is 5.32 Å². The fourth-order valence-electron chi connectivity index (χ4n) is 0.988. The Balaban J connectivity index is 1.94. The predicted octanol–water partition coefficient (Wildman–Crippen LogP) is 1.36. The van der Waals surface area contributed by atoms with Gasteiger partial charge < -0.3 is 10.3 Å². The van der Waals surface area contributed by atoms with Crippen LogP contribution in [-0.4, -0.2) is 10.9 Å². The molecule has 0 bridgehead atoms. The third kappa shape index (κ3) is 1.42. The Kier molecular flexibility index (Phi) is 1.42. The van der Waals surface area contributed by atoms with Gasteiger partial charge in [-0.2, -0.15) is 0 Å². The van der Waals surface area contributed by atoms with E-state index in [1.165, 1.54) is 0 Å². The van der Waals surface area contributed by atoms with E-state index in [0.29, 0.717) is 0 Å². The third-order valence-corrected chi connectivity index (χ3v) is 1.80. The number of carbonyl (C=O) groups excluding carboxylic acids is 1. The summed E-state index contributed by atoms with van der Waals surface area (Å²) in [6, 6.07) is 3.71. The van der Waals surface area contributed by atoms with Crippen LogP contribution in [-0.2, 0) is 4.79 Å². The van der Waals surface area contributed by atoms with Crippen molar-refractivity contribution in [1.29, 1.82) is 0 Å². The molecule has 2 N–H and O–H groups in total. The van der Waals surface area contributed by atoms with Crippen LogP contribution in [0.1, 0.15) is 12.8 Å². The molecule has 1 aromatic rings. The Morgan fingerprint density at radius 1 is 1.64 bits per heavy atom. The zero-order chi connectivity index (χ0) is 7.68. The van der Waals surface area contributed by atoms with E-state index in [-0.39, 0.29) is 11.8 Å². The standard InChI is InChI=1S/C8H10N2O/c11-8(6-3-4-6)10-7-2-1-5-9-7/h1-2,5-6,9H,3-4H2,(H,10,11). The van der Waals surface area contributed by atoms with Gasteiger partial charge in [-0.1, -0.05) is 0 Å². The van der Waals surface area contributed by atoms with Crippen LogP contribution in [0.4, 0.5) is 5.82 Å². The lowest BCUT2D eigenvalue weighted by molar-refractivity contribution is -0.117. The summed E-state index contributed by atoms with van der Waals surface area (Å²) in [4.78, 5) is 14.1. The molecule has 1 aromatic heterocycles. The minimum atomic E-state index is 0.146. The van der Waals surface area contributed by atoms with E-state index in [1.807, 2.05) is 12.1 Å². The molecular weight excluding hydrogens is 140 g/mol. The molecular formula is C8H10N2O. The quantitative estimate of drug-likeness (QED) is 0.657. The van der Waals surface area contributed by atoms with Gasteiger partial charge in [0.15, 0.2) is 0 Å². The van der Waals surface area contributed by atoms with Gasteiger partial charge in [0.1, 0.15) is 5.82 Å². The lowest BCUT2D eigenvalue weighted by atomic mass is 10.4. The molecule has 3 nitrogen and oxygen atoms in total. The second-order valence-electron chi connectivity index (χ2n) is 2.85. The molecule has 1 aliphatic carbocycles. The molecule has 0 atom stereocenters. The van der Waals surface area contributed by atoms with Crippen LogP contribution in [0, 0.1) is 5.92 Å². The van der Waals surface area contributed by atoms with Crippen molar-refractivity contribution >= 4 is 11.7 Å². The van der Waals surface area contributed by atoms with Crippen LogP contribution in [0.3, 0.4) is 0 Å². The van der Waals surface area contributed by atoms with Crippen molar-refractivity contribution < 1.29 is 4.79 Å². The van der Waals surface area contributed by atoms with Crippen molar-refractivity contribution in [2.24, 2.45) is 5.92 Å². The largest absolute Gasteiger partial charge is 0.348 e. The Hall–Kier alpha value is -1.25. The Morgan fingerprint density at radius 2 is 2.45 bits per heavy atom. The van der Waals surface area contributed by atoms with Gasteiger partial charge in [-0.15, -0.1) is 0 Å². The van der Waals surface area contributed by atoms with E-state index in [9.17, 15) is 4.79 Å². The maximum absolute atomic E-state index is 11.1. The van der Waals surface area contributed by atoms with Crippen molar-refractivity contribution in [2.75, 3.05) is 5.32 Å². The number of hydrogen-bond donors (Lipinski definition) is 2. The zero-order valence-corrected chi connectivity index (χ0v) is 6.13. The van der Waals surface area contributed by atoms with Crippen LogP contribution in [0.25, 0.3) is 0 Å². The molecule has 1 saturated carbocycles. The molecule has 0 saturated heterocycles. The van der Waals surface area contributed by atoms with Gasteiger partial charge in [0.25, 0.3) is 0 Å². The Morgan fingerprint density at radius 3 is 3.00 bits per heavy atom. The number of aromatic amines is 1. The number of carbonyl (C=O) groups is 1. The zero-order valence-electron chi connectivity index (χ0n) is 6.13. The number of H-pyrrole nitrogens is 1. The maximum atomic E-state index is 11.1. The summed E-state index contributed by atoms with van der Waals surface area (Å²) in [6.45, 7) is 0.